The van der Waals surface area contributed by atoms with Gasteiger partial charge >= 0.3 is 6.09 Å². The van der Waals surface area contributed by atoms with E-state index in [1.54, 1.807) is 19.4 Å². The summed E-state index contributed by atoms with van der Waals surface area (Å²) in [6, 6.07) is 1.24. The summed E-state index contributed by atoms with van der Waals surface area (Å²) in [6.07, 6.45) is 0.590. The number of aromatic nitrogens is 1. The second kappa shape index (κ2) is 7.09. The van der Waals surface area contributed by atoms with E-state index in [4.69, 9.17) is 9.47 Å². The number of amides is 1. The lowest BCUT2D eigenvalue weighted by molar-refractivity contribution is 0.0333. The minimum absolute atomic E-state index is 0.231. The molecule has 0 aliphatic carbocycles. The molecule has 0 saturated heterocycles. The summed E-state index contributed by atoms with van der Waals surface area (Å²) in [4.78, 5) is 17.2. The fourth-order valence-electron chi connectivity index (χ4n) is 2.15. The average Bonchev–Trinajstić information content (AvgIpc) is 2.37. The second-order valence-corrected chi connectivity index (χ2v) is 6.40. The molecule has 1 N–H and O–H groups in total. The Morgan fingerprint density at radius 3 is 2.52 bits per heavy atom. The third-order valence-corrected chi connectivity index (χ3v) is 3.66. The zero-order valence-corrected chi connectivity index (χ0v) is 14.5. The molecule has 0 aliphatic rings. The first-order valence-corrected chi connectivity index (χ1v) is 7.22. The molecule has 1 unspecified atom stereocenters. The first kappa shape index (κ1) is 17.7. The number of carboxylic acid groups (broad SMARTS) is 1. The van der Waals surface area contributed by atoms with Gasteiger partial charge in [0.1, 0.15) is 0 Å². The fraction of sp³-hybridized carbons (Fsp3) is 0.571. The number of rotatable bonds is 5. The Labute approximate surface area is 133 Å². The van der Waals surface area contributed by atoms with Gasteiger partial charge in [-0.3, -0.25) is 4.90 Å². The molecular formula is C14H21BrN2O4. The van der Waals surface area contributed by atoms with E-state index in [0.717, 1.165) is 5.56 Å². The van der Waals surface area contributed by atoms with Crippen LogP contribution in [0.3, 0.4) is 0 Å². The predicted octanol–water partition coefficient (Wildman–Crippen LogP) is 3.32. The van der Waals surface area contributed by atoms with Crippen molar-refractivity contribution < 1.29 is 19.4 Å². The largest absolute Gasteiger partial charge is 0.481 e. The predicted molar refractivity (Wildman–Crippen MR) is 82.7 cm³/mol. The van der Waals surface area contributed by atoms with Gasteiger partial charge in [0.25, 0.3) is 0 Å². The maximum Gasteiger partial charge on any atom is 0.408 e. The average molecular weight is 361 g/mol. The van der Waals surface area contributed by atoms with Gasteiger partial charge in [0, 0.05) is 29.4 Å². The molecule has 0 aliphatic heterocycles. The van der Waals surface area contributed by atoms with Crippen LogP contribution in [0.1, 0.15) is 32.4 Å². The standard InChI is InChI=1S/C14H21BrN2O4/c1-14(2,3)17(13(18)19)11(8-20-4)9-6-12(21-5)16-7-10(9)15/h6-7,11H,8H2,1-5H3,(H,18,19). The quantitative estimate of drug-likeness (QED) is 0.871. The minimum Gasteiger partial charge on any atom is -0.481 e. The van der Waals surface area contributed by atoms with E-state index in [1.807, 2.05) is 20.8 Å². The van der Waals surface area contributed by atoms with Gasteiger partial charge in [-0.2, -0.15) is 0 Å². The van der Waals surface area contributed by atoms with Crippen LogP contribution >= 0.6 is 15.9 Å². The van der Waals surface area contributed by atoms with Gasteiger partial charge in [0.15, 0.2) is 0 Å². The summed E-state index contributed by atoms with van der Waals surface area (Å²) in [5.41, 5.74) is 0.173. The lowest BCUT2D eigenvalue weighted by Gasteiger charge is -2.39. The van der Waals surface area contributed by atoms with Crippen molar-refractivity contribution in [2.45, 2.75) is 32.4 Å². The Hall–Kier alpha value is -1.34. The molecule has 1 atom stereocenters. The highest BCUT2D eigenvalue weighted by molar-refractivity contribution is 9.10. The molecule has 6 nitrogen and oxygen atoms in total. The minimum atomic E-state index is -1.01. The van der Waals surface area contributed by atoms with E-state index in [1.165, 1.54) is 12.0 Å². The maximum atomic E-state index is 11.7. The molecule has 21 heavy (non-hydrogen) atoms. The van der Waals surface area contributed by atoms with Gasteiger partial charge in [-0.05, 0) is 42.3 Å². The molecule has 1 aromatic rings. The van der Waals surface area contributed by atoms with E-state index in [9.17, 15) is 9.90 Å². The molecule has 1 heterocycles. The van der Waals surface area contributed by atoms with Crippen molar-refractivity contribution in [1.29, 1.82) is 0 Å². The summed E-state index contributed by atoms with van der Waals surface area (Å²) in [5, 5.41) is 9.59. The van der Waals surface area contributed by atoms with Crippen LogP contribution in [0.2, 0.25) is 0 Å². The Morgan fingerprint density at radius 2 is 2.10 bits per heavy atom. The van der Waals surface area contributed by atoms with Crippen molar-refractivity contribution in [3.05, 3.63) is 22.3 Å². The van der Waals surface area contributed by atoms with Crippen molar-refractivity contribution in [1.82, 2.24) is 9.88 Å². The monoisotopic (exact) mass is 360 g/mol. The van der Waals surface area contributed by atoms with Crippen LogP contribution in [-0.2, 0) is 4.74 Å². The van der Waals surface area contributed by atoms with Crippen LogP contribution < -0.4 is 4.74 Å². The highest BCUT2D eigenvalue weighted by Crippen LogP contribution is 2.34. The van der Waals surface area contributed by atoms with Crippen molar-refractivity contribution >= 4 is 22.0 Å². The van der Waals surface area contributed by atoms with Gasteiger partial charge in [-0.1, -0.05) is 0 Å². The van der Waals surface area contributed by atoms with Crippen LogP contribution in [0.4, 0.5) is 4.79 Å². The molecule has 1 aromatic heterocycles. The molecule has 0 spiro atoms. The number of nitrogens with zero attached hydrogens (tertiary/aromatic N) is 2. The van der Waals surface area contributed by atoms with Gasteiger partial charge in [0.2, 0.25) is 5.88 Å². The molecule has 7 heteroatoms. The van der Waals surface area contributed by atoms with E-state index in [0.29, 0.717) is 10.4 Å². The molecule has 0 fully saturated rings. The SMILES string of the molecule is COCC(c1cc(OC)ncc1Br)N(C(=O)O)C(C)(C)C. The maximum absolute atomic E-state index is 11.7. The first-order valence-electron chi connectivity index (χ1n) is 6.43. The van der Waals surface area contributed by atoms with Crippen LogP contribution in [0, 0.1) is 0 Å². The van der Waals surface area contributed by atoms with E-state index >= 15 is 0 Å². The summed E-state index contributed by atoms with van der Waals surface area (Å²) in [7, 11) is 3.06. The summed E-state index contributed by atoms with van der Waals surface area (Å²) >= 11 is 3.42. The lowest BCUT2D eigenvalue weighted by atomic mass is 9.99. The molecule has 0 bridgehead atoms. The van der Waals surface area contributed by atoms with E-state index in [2.05, 4.69) is 20.9 Å². The van der Waals surface area contributed by atoms with Crippen LogP contribution in [0.25, 0.3) is 0 Å². The van der Waals surface area contributed by atoms with E-state index in [-0.39, 0.29) is 6.61 Å². The molecule has 1 rings (SSSR count). The van der Waals surface area contributed by atoms with Crippen molar-refractivity contribution in [3.63, 3.8) is 0 Å². The third-order valence-electron chi connectivity index (χ3n) is 2.99. The lowest BCUT2D eigenvalue weighted by Crippen LogP contribution is -2.48. The van der Waals surface area contributed by atoms with Gasteiger partial charge < -0.3 is 14.6 Å². The Kier molecular flexibility index (Phi) is 5.98. The van der Waals surface area contributed by atoms with Gasteiger partial charge in [0.05, 0.1) is 19.8 Å². The molecular weight excluding hydrogens is 340 g/mol. The highest BCUT2D eigenvalue weighted by Gasteiger charge is 2.35. The zero-order valence-electron chi connectivity index (χ0n) is 12.9. The Bertz CT molecular complexity index is 502. The third kappa shape index (κ3) is 4.31. The van der Waals surface area contributed by atoms with Crippen LogP contribution in [-0.4, -0.2) is 47.4 Å². The molecule has 0 radical (unpaired) electrons. The Morgan fingerprint density at radius 1 is 1.48 bits per heavy atom. The highest BCUT2D eigenvalue weighted by atomic mass is 79.9. The van der Waals surface area contributed by atoms with E-state index < -0.39 is 17.7 Å². The van der Waals surface area contributed by atoms with Crippen molar-refractivity contribution in [2.24, 2.45) is 0 Å². The molecule has 0 aromatic carbocycles. The number of methoxy groups -OCH3 is 2. The molecule has 118 valence electrons. The molecule has 0 saturated carbocycles. The number of hydrogen-bond acceptors (Lipinski definition) is 4. The zero-order chi connectivity index (χ0) is 16.2. The summed E-state index contributed by atoms with van der Waals surface area (Å²) < 4.78 is 11.1. The van der Waals surface area contributed by atoms with Gasteiger partial charge in [-0.25, -0.2) is 9.78 Å². The van der Waals surface area contributed by atoms with Gasteiger partial charge in [-0.15, -0.1) is 0 Å². The number of hydrogen-bond donors (Lipinski definition) is 1. The van der Waals surface area contributed by atoms with Crippen molar-refractivity contribution in [3.8, 4) is 5.88 Å². The summed E-state index contributed by atoms with van der Waals surface area (Å²) in [5.74, 6) is 0.425. The summed E-state index contributed by atoms with van der Waals surface area (Å²) in [6.45, 7) is 5.76. The smallest absolute Gasteiger partial charge is 0.408 e. The number of pyridine rings is 1. The number of halogens is 1. The molecule has 1 amide bonds. The fourth-order valence-corrected chi connectivity index (χ4v) is 2.63. The van der Waals surface area contributed by atoms with Crippen LogP contribution in [0.5, 0.6) is 5.88 Å². The van der Waals surface area contributed by atoms with Crippen molar-refractivity contribution in [2.75, 3.05) is 20.8 Å². The first-order chi connectivity index (χ1) is 9.72. The number of ether oxygens (including phenoxy) is 2. The normalized spacial score (nSPS) is 12.9. The van der Waals surface area contributed by atoms with Crippen LogP contribution in [0.15, 0.2) is 16.7 Å². The second-order valence-electron chi connectivity index (χ2n) is 5.54. The topological polar surface area (TPSA) is 71.9 Å². The number of carbonyl (C=O) groups is 1. The Balaban J connectivity index is 3.37.